The molecule has 1 N–H and O–H groups in total. The van der Waals surface area contributed by atoms with Crippen LogP contribution in [0.2, 0.25) is 0 Å². The maximum absolute atomic E-state index is 11.4. The van der Waals surface area contributed by atoms with Gasteiger partial charge < -0.3 is 5.32 Å². The Morgan fingerprint density at radius 2 is 2.11 bits per heavy atom. The summed E-state index contributed by atoms with van der Waals surface area (Å²) in [5.41, 5.74) is 0. The van der Waals surface area contributed by atoms with Gasteiger partial charge in [0.25, 0.3) is 0 Å². The third-order valence-corrected chi connectivity index (χ3v) is 3.67. The molecule has 1 unspecified atom stereocenters. The number of likely N-dealkylation sites (N-methyl/N-ethyl adjacent to an activating group) is 1. The van der Waals surface area contributed by atoms with Crippen molar-refractivity contribution in [3.63, 3.8) is 0 Å². The Labute approximate surface area is 115 Å². The van der Waals surface area contributed by atoms with Crippen LogP contribution in [0.1, 0.15) is 26.6 Å². The number of nitrogens with zero attached hydrogens (tertiary/aromatic N) is 3. The Bertz CT molecular complexity index is 482. The van der Waals surface area contributed by atoms with Gasteiger partial charge in [-0.05, 0) is 12.5 Å². The van der Waals surface area contributed by atoms with E-state index >= 15 is 0 Å². The molecule has 1 rings (SSSR count). The van der Waals surface area contributed by atoms with Crippen LogP contribution in [0.25, 0.3) is 0 Å². The number of sulfone groups is 1. The summed E-state index contributed by atoms with van der Waals surface area (Å²) in [5.74, 6) is 1.44. The fraction of sp³-hybridized carbons (Fsp3) is 0.833. The highest BCUT2D eigenvalue weighted by atomic mass is 32.2. The first-order valence-electron chi connectivity index (χ1n) is 6.59. The van der Waals surface area contributed by atoms with E-state index < -0.39 is 9.84 Å². The molecule has 1 aromatic heterocycles. The Balaban J connectivity index is 2.76. The molecule has 0 saturated heterocycles. The van der Waals surface area contributed by atoms with Gasteiger partial charge in [0, 0.05) is 25.3 Å². The van der Waals surface area contributed by atoms with Crippen molar-refractivity contribution in [1.82, 2.24) is 20.1 Å². The molecule has 7 heteroatoms. The van der Waals surface area contributed by atoms with Gasteiger partial charge in [-0.15, -0.1) is 0 Å². The maximum atomic E-state index is 11.4. The van der Waals surface area contributed by atoms with Gasteiger partial charge in [0.15, 0.2) is 0 Å². The lowest BCUT2D eigenvalue weighted by Crippen LogP contribution is -2.38. The van der Waals surface area contributed by atoms with Crippen LogP contribution in [0.4, 0.5) is 0 Å². The lowest BCUT2D eigenvalue weighted by Gasteiger charge is -2.17. The highest BCUT2D eigenvalue weighted by Crippen LogP contribution is 2.05. The number of hydrogen-bond acceptors (Lipinski definition) is 5. The minimum Gasteiger partial charge on any atom is -0.313 e. The monoisotopic (exact) mass is 288 g/mol. The zero-order valence-corrected chi connectivity index (χ0v) is 12.9. The number of rotatable bonds is 8. The highest BCUT2D eigenvalue weighted by molar-refractivity contribution is 7.90. The SMILES string of the molecule is CCNC(Cc1ncnn1CC(C)C)CS(C)(=O)=O. The minimum absolute atomic E-state index is 0.116. The molecule has 0 amide bonds. The summed E-state index contributed by atoms with van der Waals surface area (Å²) in [6.45, 7) is 7.73. The lowest BCUT2D eigenvalue weighted by atomic mass is 10.2. The van der Waals surface area contributed by atoms with E-state index in [1.54, 1.807) is 0 Å². The quantitative estimate of drug-likeness (QED) is 0.754. The van der Waals surface area contributed by atoms with Crippen molar-refractivity contribution in [2.75, 3.05) is 18.6 Å². The highest BCUT2D eigenvalue weighted by Gasteiger charge is 2.18. The third kappa shape index (κ3) is 6.15. The Kier molecular flexibility index (Phi) is 5.93. The molecule has 0 radical (unpaired) electrons. The normalized spacial score (nSPS) is 13.9. The van der Waals surface area contributed by atoms with Crippen LogP contribution >= 0.6 is 0 Å². The summed E-state index contributed by atoms with van der Waals surface area (Å²) in [6, 6.07) is -0.116. The first-order valence-corrected chi connectivity index (χ1v) is 8.65. The summed E-state index contributed by atoms with van der Waals surface area (Å²) >= 11 is 0. The lowest BCUT2D eigenvalue weighted by molar-refractivity contribution is 0.449. The van der Waals surface area contributed by atoms with Crippen molar-refractivity contribution in [2.45, 2.75) is 39.8 Å². The molecule has 0 spiro atoms. The topological polar surface area (TPSA) is 76.9 Å². The molecule has 0 aliphatic heterocycles. The van der Waals surface area contributed by atoms with E-state index in [0.29, 0.717) is 12.3 Å². The van der Waals surface area contributed by atoms with Crippen LogP contribution in [0.15, 0.2) is 6.33 Å². The first kappa shape index (κ1) is 16.1. The smallest absolute Gasteiger partial charge is 0.148 e. The maximum Gasteiger partial charge on any atom is 0.148 e. The summed E-state index contributed by atoms with van der Waals surface area (Å²) in [6.07, 6.45) is 3.37. The Morgan fingerprint density at radius 3 is 2.63 bits per heavy atom. The Morgan fingerprint density at radius 1 is 1.42 bits per heavy atom. The molecule has 0 aliphatic carbocycles. The second-order valence-electron chi connectivity index (χ2n) is 5.30. The van der Waals surface area contributed by atoms with Gasteiger partial charge in [0.05, 0.1) is 5.75 Å². The molecule has 1 atom stereocenters. The largest absolute Gasteiger partial charge is 0.313 e. The van der Waals surface area contributed by atoms with Crippen LogP contribution in [-0.2, 0) is 22.8 Å². The van der Waals surface area contributed by atoms with Crippen LogP contribution in [0, 0.1) is 5.92 Å². The van der Waals surface area contributed by atoms with Crippen LogP contribution < -0.4 is 5.32 Å². The van der Waals surface area contributed by atoms with Crippen molar-refractivity contribution in [1.29, 1.82) is 0 Å². The predicted octanol–water partition coefficient (Wildman–Crippen LogP) is 0.499. The molecule has 1 heterocycles. The summed E-state index contributed by atoms with van der Waals surface area (Å²) < 4.78 is 24.7. The molecule has 0 fully saturated rings. The average molecular weight is 288 g/mol. The van der Waals surface area contributed by atoms with E-state index in [1.807, 2.05) is 11.6 Å². The van der Waals surface area contributed by atoms with E-state index in [4.69, 9.17) is 0 Å². The van der Waals surface area contributed by atoms with Crippen LogP contribution in [0.5, 0.6) is 0 Å². The number of aromatic nitrogens is 3. The van der Waals surface area contributed by atoms with Gasteiger partial charge in [0.1, 0.15) is 22.0 Å². The van der Waals surface area contributed by atoms with Crippen molar-refractivity contribution in [3.05, 3.63) is 12.2 Å². The second-order valence-corrected chi connectivity index (χ2v) is 7.49. The van der Waals surface area contributed by atoms with Crippen LogP contribution in [-0.4, -0.2) is 47.8 Å². The third-order valence-electron chi connectivity index (χ3n) is 2.66. The van der Waals surface area contributed by atoms with E-state index in [1.165, 1.54) is 12.6 Å². The van der Waals surface area contributed by atoms with E-state index in [9.17, 15) is 8.42 Å². The summed E-state index contributed by atoms with van der Waals surface area (Å²) in [7, 11) is -3.00. The number of nitrogens with one attached hydrogen (secondary N) is 1. The number of hydrogen-bond donors (Lipinski definition) is 1. The molecular weight excluding hydrogens is 264 g/mol. The van der Waals surface area contributed by atoms with E-state index in [0.717, 1.165) is 18.9 Å². The van der Waals surface area contributed by atoms with Gasteiger partial charge in [-0.25, -0.2) is 18.1 Å². The van der Waals surface area contributed by atoms with Crippen molar-refractivity contribution >= 4 is 9.84 Å². The summed E-state index contributed by atoms with van der Waals surface area (Å²) in [4.78, 5) is 4.24. The molecule has 0 aromatic carbocycles. The Hall–Kier alpha value is -0.950. The van der Waals surface area contributed by atoms with Crippen molar-refractivity contribution < 1.29 is 8.42 Å². The van der Waals surface area contributed by atoms with E-state index in [2.05, 4.69) is 29.2 Å². The van der Waals surface area contributed by atoms with Gasteiger partial charge in [-0.1, -0.05) is 20.8 Å². The molecule has 0 aliphatic rings. The summed E-state index contributed by atoms with van der Waals surface area (Å²) in [5, 5.41) is 7.39. The molecule has 0 bridgehead atoms. The standard InChI is InChI=1S/C12H24N4O2S/c1-5-13-11(8-19(4,17)18)6-12-14-9-15-16(12)7-10(2)3/h9-11,13H,5-8H2,1-4H3. The second kappa shape index (κ2) is 7.00. The fourth-order valence-corrected chi connectivity index (χ4v) is 2.98. The van der Waals surface area contributed by atoms with E-state index in [-0.39, 0.29) is 11.8 Å². The van der Waals surface area contributed by atoms with Gasteiger partial charge in [-0.3, -0.25) is 0 Å². The molecule has 110 valence electrons. The molecular formula is C12H24N4O2S. The fourth-order valence-electron chi connectivity index (χ4n) is 2.01. The van der Waals surface area contributed by atoms with Crippen molar-refractivity contribution in [2.24, 2.45) is 5.92 Å². The van der Waals surface area contributed by atoms with Crippen molar-refractivity contribution in [3.8, 4) is 0 Å². The molecule has 6 nitrogen and oxygen atoms in total. The van der Waals surface area contributed by atoms with Crippen LogP contribution in [0.3, 0.4) is 0 Å². The molecule has 19 heavy (non-hydrogen) atoms. The zero-order chi connectivity index (χ0) is 14.5. The van der Waals surface area contributed by atoms with Gasteiger partial charge >= 0.3 is 0 Å². The van der Waals surface area contributed by atoms with Gasteiger partial charge in [-0.2, -0.15) is 5.10 Å². The zero-order valence-electron chi connectivity index (χ0n) is 12.1. The predicted molar refractivity (Wildman–Crippen MR) is 75.7 cm³/mol. The molecule has 0 saturated carbocycles. The molecule has 1 aromatic rings. The van der Waals surface area contributed by atoms with Gasteiger partial charge in [0.2, 0.25) is 0 Å². The minimum atomic E-state index is -3.00. The first-order chi connectivity index (χ1) is 8.81. The average Bonchev–Trinajstić information content (AvgIpc) is 2.62.